The quantitative estimate of drug-likeness (QED) is 0.0160. The molecule has 0 spiro atoms. The molecule has 0 radical (unpaired) electrons. The molecule has 0 fully saturated rings. The number of esters is 2. The first-order valence-electron chi connectivity index (χ1n) is 22.8. The largest absolute Gasteiger partial charge is 0.756 e. The molecular formula is C48H84NO9P. The summed E-state index contributed by atoms with van der Waals surface area (Å²) in [6.45, 7) is 3.83. The third-order valence-electron chi connectivity index (χ3n) is 9.36. The van der Waals surface area contributed by atoms with E-state index in [-0.39, 0.29) is 32.5 Å². The van der Waals surface area contributed by atoms with Crippen LogP contribution in [0.5, 0.6) is 0 Å². The molecule has 11 heteroatoms. The van der Waals surface area contributed by atoms with E-state index in [0.717, 1.165) is 51.4 Å². The number of aliphatic hydroxyl groups is 1. The smallest absolute Gasteiger partial charge is 0.306 e. The first kappa shape index (κ1) is 56.4. The molecular weight excluding hydrogens is 766 g/mol. The number of hydrogen-bond donors (Lipinski definition) is 1. The van der Waals surface area contributed by atoms with Crippen LogP contribution in [0.1, 0.15) is 162 Å². The topological polar surface area (TPSA) is 131 Å². The molecule has 0 rings (SSSR count). The number of unbranched alkanes of at least 4 members (excludes halogenated alkanes) is 14. The van der Waals surface area contributed by atoms with Crippen molar-refractivity contribution in [3.63, 3.8) is 0 Å². The lowest BCUT2D eigenvalue weighted by Gasteiger charge is -2.28. The zero-order valence-corrected chi connectivity index (χ0v) is 38.7. The highest BCUT2D eigenvalue weighted by atomic mass is 31.2. The third-order valence-corrected chi connectivity index (χ3v) is 10.3. The van der Waals surface area contributed by atoms with Gasteiger partial charge in [0.25, 0.3) is 7.82 Å². The number of phosphoric ester groups is 1. The average Bonchev–Trinajstić information content (AvgIpc) is 3.18. The van der Waals surface area contributed by atoms with Gasteiger partial charge in [-0.3, -0.25) is 14.2 Å². The van der Waals surface area contributed by atoms with Gasteiger partial charge in [-0.15, -0.1) is 0 Å². The van der Waals surface area contributed by atoms with E-state index in [9.17, 15) is 24.2 Å². The molecule has 0 saturated carbocycles. The summed E-state index contributed by atoms with van der Waals surface area (Å²) in [4.78, 5) is 37.6. The summed E-state index contributed by atoms with van der Waals surface area (Å²) in [5.74, 6) is -1.12. The van der Waals surface area contributed by atoms with Crippen molar-refractivity contribution in [3.8, 4) is 0 Å². The van der Waals surface area contributed by atoms with Crippen LogP contribution in [0.2, 0.25) is 0 Å². The Morgan fingerprint density at radius 1 is 0.627 bits per heavy atom. The van der Waals surface area contributed by atoms with Crippen LogP contribution in [0, 0.1) is 0 Å². The van der Waals surface area contributed by atoms with Crippen LogP contribution >= 0.6 is 7.82 Å². The minimum atomic E-state index is -4.70. The lowest BCUT2D eigenvalue weighted by molar-refractivity contribution is -0.870. The van der Waals surface area contributed by atoms with Gasteiger partial charge >= 0.3 is 11.9 Å². The molecule has 0 aromatic rings. The molecule has 0 aliphatic rings. The standard InChI is InChI=1S/C48H84NO9P/c1-6-8-10-12-14-16-18-20-22-24-25-27-29-31-33-35-37-45(50)39-40-48(52)58-46(44-57-59(53,54)56-42-41-49(3,4)5)43-55-47(51)38-36-34-32-30-28-26-23-21-19-17-15-13-11-9-7-2/h8,10,14,16,20,22,25,27,31,33,35,37,45-46,50H,6-7,9,11-13,15,17-19,21,23-24,26,28-30,32,34,36,38-44H2,1-5H3/b10-8-,16-14-,22-20-,27-25-,33-31-,37-35-/t45?,46-/m1/s1. The van der Waals surface area contributed by atoms with Gasteiger partial charge in [-0.05, 0) is 44.9 Å². The summed E-state index contributed by atoms with van der Waals surface area (Å²) in [5.41, 5.74) is 0. The predicted molar refractivity (Wildman–Crippen MR) is 242 cm³/mol. The van der Waals surface area contributed by atoms with Crippen molar-refractivity contribution in [1.82, 2.24) is 0 Å². The molecule has 0 aromatic heterocycles. The van der Waals surface area contributed by atoms with Crippen LogP contribution in [-0.2, 0) is 32.7 Å². The number of hydrogen-bond acceptors (Lipinski definition) is 9. The van der Waals surface area contributed by atoms with Crippen molar-refractivity contribution >= 4 is 19.8 Å². The first-order valence-corrected chi connectivity index (χ1v) is 24.2. The summed E-state index contributed by atoms with van der Waals surface area (Å²) >= 11 is 0. The lowest BCUT2D eigenvalue weighted by Crippen LogP contribution is -2.37. The molecule has 0 bridgehead atoms. The number of ether oxygens (including phenoxy) is 2. The Bertz CT molecular complexity index is 1250. The van der Waals surface area contributed by atoms with Crippen molar-refractivity contribution in [2.75, 3.05) is 47.5 Å². The number of allylic oxidation sites excluding steroid dienone is 11. The molecule has 10 nitrogen and oxygen atoms in total. The van der Waals surface area contributed by atoms with Crippen LogP contribution in [-0.4, -0.2) is 81.2 Å². The van der Waals surface area contributed by atoms with Crippen LogP contribution in [0.15, 0.2) is 72.9 Å². The fourth-order valence-electron chi connectivity index (χ4n) is 5.76. The van der Waals surface area contributed by atoms with Gasteiger partial charge in [0.15, 0.2) is 6.10 Å². The van der Waals surface area contributed by atoms with E-state index in [4.69, 9.17) is 18.5 Å². The Hall–Kier alpha value is -2.59. The van der Waals surface area contributed by atoms with Gasteiger partial charge in [0.05, 0.1) is 33.9 Å². The van der Waals surface area contributed by atoms with Crippen molar-refractivity contribution in [2.45, 2.75) is 174 Å². The normalized spacial score (nSPS) is 14.8. The maximum absolute atomic E-state index is 12.7. The molecule has 0 amide bonds. The highest BCUT2D eigenvalue weighted by Gasteiger charge is 2.22. The minimum absolute atomic E-state index is 0.0754. The molecule has 3 atom stereocenters. The maximum atomic E-state index is 12.7. The van der Waals surface area contributed by atoms with Gasteiger partial charge < -0.3 is 33.0 Å². The molecule has 2 unspecified atom stereocenters. The number of aliphatic hydroxyl groups excluding tert-OH is 1. The number of quaternary nitrogens is 1. The predicted octanol–water partition coefficient (Wildman–Crippen LogP) is 11.4. The molecule has 59 heavy (non-hydrogen) atoms. The second-order valence-electron chi connectivity index (χ2n) is 16.2. The van der Waals surface area contributed by atoms with E-state index in [1.165, 1.54) is 70.6 Å². The number of carbonyl (C=O) groups is 2. The van der Waals surface area contributed by atoms with E-state index in [2.05, 4.69) is 62.5 Å². The fourth-order valence-corrected chi connectivity index (χ4v) is 6.49. The number of likely N-dealkylation sites (N-methyl/N-ethyl adjacent to an activating group) is 1. The number of carbonyl (C=O) groups excluding carboxylic acids is 2. The Labute approximate surface area is 360 Å². The van der Waals surface area contributed by atoms with E-state index in [0.29, 0.717) is 17.4 Å². The Kier molecular flexibility index (Phi) is 37.8. The van der Waals surface area contributed by atoms with E-state index in [1.807, 2.05) is 33.3 Å². The molecule has 0 aliphatic carbocycles. The zero-order chi connectivity index (χ0) is 43.7. The van der Waals surface area contributed by atoms with Gasteiger partial charge in [0, 0.05) is 12.8 Å². The Morgan fingerprint density at radius 2 is 1.12 bits per heavy atom. The van der Waals surface area contributed by atoms with Crippen molar-refractivity contribution in [3.05, 3.63) is 72.9 Å². The monoisotopic (exact) mass is 850 g/mol. The molecule has 0 aromatic carbocycles. The van der Waals surface area contributed by atoms with Gasteiger partial charge in [0.2, 0.25) is 0 Å². The van der Waals surface area contributed by atoms with E-state index in [1.54, 1.807) is 12.2 Å². The van der Waals surface area contributed by atoms with Crippen molar-refractivity contribution < 1.29 is 47.2 Å². The van der Waals surface area contributed by atoms with Crippen molar-refractivity contribution in [2.24, 2.45) is 0 Å². The van der Waals surface area contributed by atoms with Gasteiger partial charge in [-0.2, -0.15) is 0 Å². The SMILES string of the molecule is CC/C=C\C/C=C\C/C=C\C/C=C\C/C=C\C=C/C(O)CCC(=O)O[C@H](COC(=O)CCCCCCCCCCCCCCCCC)COP(=O)([O-])OCC[N+](C)(C)C. The molecule has 0 aliphatic heterocycles. The Balaban J connectivity index is 4.59. The van der Waals surface area contributed by atoms with Crippen molar-refractivity contribution in [1.29, 1.82) is 0 Å². The number of rotatable bonds is 40. The van der Waals surface area contributed by atoms with Crippen LogP contribution in [0.4, 0.5) is 0 Å². The molecule has 0 saturated heterocycles. The van der Waals surface area contributed by atoms with Crippen LogP contribution in [0.25, 0.3) is 0 Å². The number of phosphoric acid groups is 1. The second-order valence-corrected chi connectivity index (χ2v) is 17.7. The molecule has 1 N–H and O–H groups in total. The van der Waals surface area contributed by atoms with E-state index < -0.39 is 38.6 Å². The van der Waals surface area contributed by atoms with E-state index >= 15 is 0 Å². The zero-order valence-electron chi connectivity index (χ0n) is 37.8. The third kappa shape index (κ3) is 43.3. The fraction of sp³-hybridized carbons (Fsp3) is 0.708. The summed E-state index contributed by atoms with van der Waals surface area (Å²) < 4.78 is 33.7. The van der Waals surface area contributed by atoms with Gasteiger partial charge in [-0.25, -0.2) is 0 Å². The lowest BCUT2D eigenvalue weighted by atomic mass is 10.0. The summed E-state index contributed by atoms with van der Waals surface area (Å²) in [6.07, 6.45) is 45.5. The molecule has 340 valence electrons. The summed E-state index contributed by atoms with van der Waals surface area (Å²) in [7, 11) is 1.02. The maximum Gasteiger partial charge on any atom is 0.306 e. The second kappa shape index (κ2) is 39.5. The minimum Gasteiger partial charge on any atom is -0.756 e. The summed E-state index contributed by atoms with van der Waals surface area (Å²) in [6, 6.07) is 0. The van der Waals surface area contributed by atoms with Crippen LogP contribution < -0.4 is 4.89 Å². The van der Waals surface area contributed by atoms with Gasteiger partial charge in [-0.1, -0.05) is 177 Å². The average molecular weight is 850 g/mol. The Morgan fingerprint density at radius 3 is 1.63 bits per heavy atom. The van der Waals surface area contributed by atoms with Gasteiger partial charge in [0.1, 0.15) is 19.8 Å². The highest BCUT2D eigenvalue weighted by Crippen LogP contribution is 2.38. The highest BCUT2D eigenvalue weighted by molar-refractivity contribution is 7.45. The number of nitrogens with zero attached hydrogens (tertiary/aromatic N) is 1. The van der Waals surface area contributed by atoms with Crippen LogP contribution in [0.3, 0.4) is 0 Å². The molecule has 0 heterocycles. The first-order chi connectivity index (χ1) is 28.4. The summed E-state index contributed by atoms with van der Waals surface area (Å²) in [5, 5.41) is 10.4.